The van der Waals surface area contributed by atoms with E-state index in [-0.39, 0.29) is 5.91 Å². The normalized spacial score (nSPS) is 10.5. The second-order valence-corrected chi connectivity index (χ2v) is 7.83. The number of halogens is 2. The standard InChI is InChI=1S/C14H13BrINOS/c1-2-17(9-12-6-7-13(15)19-12)14(18)10-4-3-5-11(16)8-10/h3-8H,2,9H2,1H3. The molecular formula is C14H13BrINOS. The maximum Gasteiger partial charge on any atom is 0.254 e. The average Bonchev–Trinajstić information content (AvgIpc) is 2.81. The van der Waals surface area contributed by atoms with E-state index in [1.165, 1.54) is 4.88 Å². The number of carbonyl (C=O) groups is 1. The monoisotopic (exact) mass is 449 g/mol. The Balaban J connectivity index is 2.15. The lowest BCUT2D eigenvalue weighted by Crippen LogP contribution is -2.30. The largest absolute Gasteiger partial charge is 0.334 e. The molecule has 2 aromatic rings. The highest BCUT2D eigenvalue weighted by molar-refractivity contribution is 14.1. The lowest BCUT2D eigenvalue weighted by atomic mass is 10.2. The summed E-state index contributed by atoms with van der Waals surface area (Å²) in [6.07, 6.45) is 0. The van der Waals surface area contributed by atoms with Crippen LogP contribution in [0, 0.1) is 3.57 Å². The zero-order chi connectivity index (χ0) is 13.8. The molecule has 1 aromatic heterocycles. The van der Waals surface area contributed by atoms with Crippen molar-refractivity contribution < 1.29 is 4.79 Å². The number of hydrogen-bond donors (Lipinski definition) is 0. The quantitative estimate of drug-likeness (QED) is 0.615. The van der Waals surface area contributed by atoms with Crippen LogP contribution in [0.3, 0.4) is 0 Å². The first-order chi connectivity index (χ1) is 9.10. The molecule has 5 heteroatoms. The van der Waals surface area contributed by atoms with Crippen LogP contribution in [-0.2, 0) is 6.54 Å². The van der Waals surface area contributed by atoms with Crippen LogP contribution in [0.2, 0.25) is 0 Å². The van der Waals surface area contributed by atoms with Crippen molar-refractivity contribution in [3.05, 3.63) is 54.2 Å². The van der Waals surface area contributed by atoms with Gasteiger partial charge < -0.3 is 4.90 Å². The topological polar surface area (TPSA) is 20.3 Å². The van der Waals surface area contributed by atoms with Crippen molar-refractivity contribution in [2.45, 2.75) is 13.5 Å². The first-order valence-corrected chi connectivity index (χ1v) is 8.58. The van der Waals surface area contributed by atoms with Crippen molar-refractivity contribution in [2.75, 3.05) is 6.54 Å². The Morgan fingerprint density at radius 1 is 1.37 bits per heavy atom. The Labute approximate surface area is 139 Å². The minimum atomic E-state index is 0.0885. The molecule has 1 aromatic carbocycles. The minimum Gasteiger partial charge on any atom is -0.334 e. The van der Waals surface area contributed by atoms with Gasteiger partial charge in [-0.25, -0.2) is 0 Å². The Hall–Kier alpha value is -0.400. The van der Waals surface area contributed by atoms with Crippen LogP contribution in [0.5, 0.6) is 0 Å². The molecule has 0 saturated carbocycles. The second kappa shape index (κ2) is 6.85. The van der Waals surface area contributed by atoms with Gasteiger partial charge >= 0.3 is 0 Å². The fourth-order valence-electron chi connectivity index (χ4n) is 1.76. The van der Waals surface area contributed by atoms with Crippen LogP contribution in [0.15, 0.2) is 40.2 Å². The molecule has 0 aliphatic heterocycles. The Kier molecular flexibility index (Phi) is 5.41. The van der Waals surface area contributed by atoms with Crippen LogP contribution in [0.25, 0.3) is 0 Å². The number of amides is 1. The molecule has 1 amide bonds. The smallest absolute Gasteiger partial charge is 0.254 e. The molecule has 0 saturated heterocycles. The van der Waals surface area contributed by atoms with E-state index in [9.17, 15) is 4.79 Å². The molecule has 1 heterocycles. The Morgan fingerprint density at radius 3 is 2.74 bits per heavy atom. The molecule has 2 nitrogen and oxygen atoms in total. The van der Waals surface area contributed by atoms with E-state index >= 15 is 0 Å². The SMILES string of the molecule is CCN(Cc1ccc(Br)s1)C(=O)c1cccc(I)c1. The van der Waals surface area contributed by atoms with E-state index in [0.29, 0.717) is 13.1 Å². The highest BCUT2D eigenvalue weighted by Gasteiger charge is 2.15. The van der Waals surface area contributed by atoms with Crippen LogP contribution in [0.4, 0.5) is 0 Å². The number of hydrogen-bond acceptors (Lipinski definition) is 2. The third-order valence-corrected chi connectivity index (χ3v) is 5.00. The van der Waals surface area contributed by atoms with Gasteiger partial charge in [-0.05, 0) is 75.8 Å². The van der Waals surface area contributed by atoms with Gasteiger partial charge in [0.2, 0.25) is 0 Å². The van der Waals surface area contributed by atoms with E-state index in [4.69, 9.17) is 0 Å². The van der Waals surface area contributed by atoms with Gasteiger partial charge in [-0.2, -0.15) is 0 Å². The predicted molar refractivity (Wildman–Crippen MR) is 91.6 cm³/mol. The number of benzene rings is 1. The van der Waals surface area contributed by atoms with E-state index in [1.807, 2.05) is 42.2 Å². The zero-order valence-corrected chi connectivity index (χ0v) is 15.0. The van der Waals surface area contributed by atoms with Gasteiger partial charge in [0.05, 0.1) is 10.3 Å². The molecule has 100 valence electrons. The Morgan fingerprint density at radius 2 is 2.16 bits per heavy atom. The summed E-state index contributed by atoms with van der Waals surface area (Å²) in [7, 11) is 0. The van der Waals surface area contributed by atoms with Crippen LogP contribution >= 0.6 is 49.9 Å². The van der Waals surface area contributed by atoms with Gasteiger partial charge in [0, 0.05) is 20.6 Å². The number of rotatable bonds is 4. The Bertz CT molecular complexity index is 584. The molecule has 19 heavy (non-hydrogen) atoms. The summed E-state index contributed by atoms with van der Waals surface area (Å²) in [4.78, 5) is 15.5. The molecule has 0 unspecified atom stereocenters. The van der Waals surface area contributed by atoms with Crippen molar-refractivity contribution in [3.63, 3.8) is 0 Å². The van der Waals surface area contributed by atoms with Crippen molar-refractivity contribution >= 4 is 55.8 Å². The van der Waals surface area contributed by atoms with Crippen LogP contribution < -0.4 is 0 Å². The third kappa shape index (κ3) is 4.03. The molecule has 0 N–H and O–H groups in total. The van der Waals surface area contributed by atoms with Crippen LogP contribution in [0.1, 0.15) is 22.2 Å². The van der Waals surface area contributed by atoms with Crippen molar-refractivity contribution in [2.24, 2.45) is 0 Å². The number of nitrogens with zero attached hydrogens (tertiary/aromatic N) is 1. The molecular weight excluding hydrogens is 437 g/mol. The highest BCUT2D eigenvalue weighted by atomic mass is 127. The fourth-order valence-corrected chi connectivity index (χ4v) is 3.80. The van der Waals surface area contributed by atoms with Crippen molar-refractivity contribution in [1.82, 2.24) is 4.90 Å². The van der Waals surface area contributed by atoms with Gasteiger partial charge in [-0.15, -0.1) is 11.3 Å². The first kappa shape index (κ1) is 15.0. The maximum absolute atomic E-state index is 12.5. The predicted octanol–water partition coefficient (Wildman–Crippen LogP) is 4.78. The first-order valence-electron chi connectivity index (χ1n) is 5.89. The summed E-state index contributed by atoms with van der Waals surface area (Å²) in [6.45, 7) is 3.38. The van der Waals surface area contributed by atoms with Gasteiger partial charge in [-0.3, -0.25) is 4.79 Å². The van der Waals surface area contributed by atoms with Gasteiger partial charge in [0.25, 0.3) is 5.91 Å². The zero-order valence-electron chi connectivity index (χ0n) is 10.4. The number of thiophene rings is 1. The fraction of sp³-hybridized carbons (Fsp3) is 0.214. The molecule has 0 atom stereocenters. The maximum atomic E-state index is 12.5. The molecule has 0 bridgehead atoms. The molecule has 0 aliphatic carbocycles. The van der Waals surface area contributed by atoms with Gasteiger partial charge in [0.15, 0.2) is 0 Å². The summed E-state index contributed by atoms with van der Waals surface area (Å²) in [5, 5.41) is 0. The molecule has 0 fully saturated rings. The van der Waals surface area contributed by atoms with E-state index in [1.54, 1.807) is 11.3 Å². The second-order valence-electron chi connectivity index (χ2n) is 4.04. The molecule has 0 aliphatic rings. The van der Waals surface area contributed by atoms with Crippen LogP contribution in [-0.4, -0.2) is 17.4 Å². The van der Waals surface area contributed by atoms with E-state index in [2.05, 4.69) is 44.6 Å². The van der Waals surface area contributed by atoms with Crippen molar-refractivity contribution in [3.8, 4) is 0 Å². The van der Waals surface area contributed by atoms with Gasteiger partial charge in [0.1, 0.15) is 0 Å². The lowest BCUT2D eigenvalue weighted by Gasteiger charge is -2.20. The molecule has 2 rings (SSSR count). The van der Waals surface area contributed by atoms with Crippen molar-refractivity contribution in [1.29, 1.82) is 0 Å². The summed E-state index contributed by atoms with van der Waals surface area (Å²) in [5.41, 5.74) is 0.754. The summed E-state index contributed by atoms with van der Waals surface area (Å²) < 4.78 is 2.18. The number of carbonyl (C=O) groups excluding carboxylic acids is 1. The van der Waals surface area contributed by atoms with E-state index < -0.39 is 0 Å². The summed E-state index contributed by atoms with van der Waals surface area (Å²) >= 11 is 7.34. The highest BCUT2D eigenvalue weighted by Crippen LogP contribution is 2.24. The third-order valence-electron chi connectivity index (χ3n) is 2.72. The average molecular weight is 450 g/mol. The lowest BCUT2D eigenvalue weighted by molar-refractivity contribution is 0.0754. The molecule has 0 spiro atoms. The van der Waals surface area contributed by atoms with Gasteiger partial charge in [-0.1, -0.05) is 6.07 Å². The summed E-state index contributed by atoms with van der Waals surface area (Å²) in [6, 6.07) is 11.8. The minimum absolute atomic E-state index is 0.0885. The van der Waals surface area contributed by atoms with E-state index in [0.717, 1.165) is 12.9 Å². The summed E-state index contributed by atoms with van der Waals surface area (Å²) in [5.74, 6) is 0.0885. The molecule has 0 radical (unpaired) electrons.